The van der Waals surface area contributed by atoms with Crippen molar-refractivity contribution in [1.29, 1.82) is 0 Å². The number of piperidine rings is 2. The summed E-state index contributed by atoms with van der Waals surface area (Å²) in [7, 11) is 3.09. The normalized spacial score (nSPS) is 17.7. The van der Waals surface area contributed by atoms with Crippen molar-refractivity contribution < 1.29 is 41.5 Å². The van der Waals surface area contributed by atoms with Crippen LogP contribution in [0.15, 0.2) is 54.7 Å². The van der Waals surface area contributed by atoms with Crippen molar-refractivity contribution in [3.05, 3.63) is 77.5 Å². The van der Waals surface area contributed by atoms with E-state index in [9.17, 15) is 36.7 Å². The maximum atomic E-state index is 14.7. The molecule has 2 aliphatic heterocycles. The Hall–Kier alpha value is -5.58. The summed E-state index contributed by atoms with van der Waals surface area (Å²) >= 11 is 0. The summed E-state index contributed by atoms with van der Waals surface area (Å²) in [4.78, 5) is 58.1. The number of benzene rings is 2. The smallest absolute Gasteiger partial charge is 0.433 e. The standard InChI is InChI=1S/C43H50F4N8O5/c1-52(17-12-39(57)48-27-56)36-23-29(6-7-32(36)44)41(59)54-20-15-42(16-21-54)13-8-28(9-14-42)25-53-18-10-31(11-19-53)55-26-30-22-35(37(60-2)24-34(30)51-55)50-40(58)33-4-3-5-38(49-33)43(45,46)47/h3-7,22-24,26-28,31H,8-21,25H2,1-2H3,(H,50,58)(H,48,56,57). The third-order valence-electron chi connectivity index (χ3n) is 12.6. The summed E-state index contributed by atoms with van der Waals surface area (Å²) in [6.45, 7) is 4.46. The lowest BCUT2D eigenvalue weighted by Gasteiger charge is -2.47. The number of anilines is 2. The largest absolute Gasteiger partial charge is 0.494 e. The number of imide groups is 1. The van der Waals surface area contributed by atoms with Crippen LogP contribution in [0, 0.1) is 17.2 Å². The Bertz CT molecular complexity index is 2200. The fourth-order valence-corrected chi connectivity index (χ4v) is 8.97. The summed E-state index contributed by atoms with van der Waals surface area (Å²) in [5, 5.41) is 10.3. The van der Waals surface area contributed by atoms with E-state index in [-0.39, 0.29) is 41.7 Å². The van der Waals surface area contributed by atoms with Gasteiger partial charge < -0.3 is 24.8 Å². The number of ether oxygens (including phenoxy) is 1. The molecule has 4 aromatic rings. The van der Waals surface area contributed by atoms with Crippen molar-refractivity contribution in [2.24, 2.45) is 11.3 Å². The predicted octanol–water partition coefficient (Wildman–Crippen LogP) is 6.70. The molecule has 7 rings (SSSR count). The van der Waals surface area contributed by atoms with Crippen molar-refractivity contribution in [2.45, 2.75) is 70.0 Å². The number of fused-ring (bicyclic) bond motifs is 1. The quantitative estimate of drug-likeness (QED) is 0.118. The molecule has 17 heteroatoms. The van der Waals surface area contributed by atoms with Gasteiger partial charge >= 0.3 is 6.18 Å². The molecule has 0 bridgehead atoms. The van der Waals surface area contributed by atoms with Gasteiger partial charge in [0.2, 0.25) is 12.3 Å². The van der Waals surface area contributed by atoms with Gasteiger partial charge in [-0.3, -0.25) is 29.2 Å². The van der Waals surface area contributed by atoms with E-state index in [2.05, 4.69) is 20.5 Å². The minimum Gasteiger partial charge on any atom is -0.494 e. The molecule has 2 aromatic carbocycles. The molecule has 60 heavy (non-hydrogen) atoms. The zero-order chi connectivity index (χ0) is 42.6. The van der Waals surface area contributed by atoms with Gasteiger partial charge in [-0.25, -0.2) is 9.37 Å². The Balaban J connectivity index is 0.870. The summed E-state index contributed by atoms with van der Waals surface area (Å²) in [5.41, 5.74) is 0.352. The van der Waals surface area contributed by atoms with E-state index < -0.39 is 29.5 Å². The molecular formula is C43H50F4N8O5. The van der Waals surface area contributed by atoms with Gasteiger partial charge in [-0.2, -0.15) is 18.3 Å². The second kappa shape index (κ2) is 18.0. The number of halogens is 4. The van der Waals surface area contributed by atoms with E-state index in [1.54, 1.807) is 24.1 Å². The molecule has 2 N–H and O–H groups in total. The summed E-state index contributed by atoms with van der Waals surface area (Å²) < 4.78 is 61.7. The molecule has 1 aliphatic carbocycles. The first-order valence-corrected chi connectivity index (χ1v) is 20.4. The highest BCUT2D eigenvalue weighted by atomic mass is 19.4. The number of alkyl halides is 3. The molecule has 3 fully saturated rings. The highest BCUT2D eigenvalue weighted by molar-refractivity contribution is 6.05. The SMILES string of the molecule is COc1cc2nn(C3CCN(CC4CCC5(CC4)CCN(C(=O)c4ccc(F)c(N(C)CCC(=O)NC=O)c4)CC5)CC3)cc2cc1NC(=O)c1cccc(C(F)(F)F)n1. The molecular weight excluding hydrogens is 785 g/mol. The molecule has 13 nitrogen and oxygen atoms in total. The molecule has 1 saturated carbocycles. The van der Waals surface area contributed by atoms with Gasteiger partial charge in [0.15, 0.2) is 0 Å². The molecule has 3 aliphatic rings. The molecule has 2 saturated heterocycles. The molecule has 4 amide bonds. The van der Waals surface area contributed by atoms with E-state index in [1.807, 2.05) is 15.8 Å². The van der Waals surface area contributed by atoms with Crippen LogP contribution in [0.4, 0.5) is 28.9 Å². The van der Waals surface area contributed by atoms with Crippen LogP contribution in [0.25, 0.3) is 10.9 Å². The van der Waals surface area contributed by atoms with Crippen LogP contribution in [0.3, 0.4) is 0 Å². The number of likely N-dealkylation sites (tertiary alicyclic amines) is 2. The molecule has 0 unspecified atom stereocenters. The second-order valence-electron chi connectivity index (χ2n) is 16.4. The number of hydrogen-bond acceptors (Lipinski definition) is 9. The number of carbonyl (C=O) groups is 4. The minimum atomic E-state index is -4.67. The Morgan fingerprint density at radius 2 is 1.72 bits per heavy atom. The Morgan fingerprint density at radius 1 is 0.983 bits per heavy atom. The topological polar surface area (TPSA) is 142 Å². The first kappa shape index (κ1) is 42.5. The number of methoxy groups -OCH3 is 1. The van der Waals surface area contributed by atoms with E-state index in [1.165, 1.54) is 31.4 Å². The first-order chi connectivity index (χ1) is 28.7. The maximum absolute atomic E-state index is 14.7. The molecule has 4 heterocycles. The van der Waals surface area contributed by atoms with Crippen LogP contribution < -0.4 is 20.3 Å². The highest BCUT2D eigenvalue weighted by Gasteiger charge is 2.40. The Kier molecular flexibility index (Phi) is 12.7. The second-order valence-corrected chi connectivity index (χ2v) is 16.4. The highest BCUT2D eigenvalue weighted by Crippen LogP contribution is 2.47. The average molecular weight is 835 g/mol. The van der Waals surface area contributed by atoms with Gasteiger partial charge in [-0.15, -0.1) is 0 Å². The van der Waals surface area contributed by atoms with E-state index in [0.29, 0.717) is 47.9 Å². The number of nitrogens with one attached hydrogen (secondary N) is 2. The van der Waals surface area contributed by atoms with Gasteiger partial charge in [0, 0.05) is 75.9 Å². The third-order valence-corrected chi connectivity index (χ3v) is 12.6. The van der Waals surface area contributed by atoms with Crippen LogP contribution in [-0.4, -0.2) is 102 Å². The van der Waals surface area contributed by atoms with Gasteiger partial charge in [-0.1, -0.05) is 6.07 Å². The Labute approximate surface area is 345 Å². The number of carbonyl (C=O) groups excluding carboxylic acids is 4. The van der Waals surface area contributed by atoms with Crippen LogP contribution in [-0.2, 0) is 15.8 Å². The zero-order valence-electron chi connectivity index (χ0n) is 33.8. The fraction of sp³-hybridized carbons (Fsp3) is 0.488. The number of rotatable bonds is 12. The first-order valence-electron chi connectivity index (χ1n) is 20.4. The molecule has 1 spiro atoms. The van der Waals surface area contributed by atoms with Crippen molar-refractivity contribution >= 4 is 46.4 Å². The fourth-order valence-electron chi connectivity index (χ4n) is 8.97. The van der Waals surface area contributed by atoms with Crippen LogP contribution >= 0.6 is 0 Å². The monoisotopic (exact) mass is 834 g/mol. The Morgan fingerprint density at radius 3 is 2.40 bits per heavy atom. The van der Waals surface area contributed by atoms with E-state index in [0.717, 1.165) is 88.5 Å². The van der Waals surface area contributed by atoms with Crippen LogP contribution in [0.1, 0.15) is 90.4 Å². The lowest BCUT2D eigenvalue weighted by Crippen LogP contribution is -2.45. The molecule has 0 atom stereocenters. The van der Waals surface area contributed by atoms with E-state index in [4.69, 9.17) is 9.84 Å². The molecule has 2 aromatic heterocycles. The lowest BCUT2D eigenvalue weighted by molar-refractivity contribution is -0.141. The van der Waals surface area contributed by atoms with Crippen molar-refractivity contribution in [1.82, 2.24) is 29.9 Å². The number of hydrogen-bond donors (Lipinski definition) is 2. The van der Waals surface area contributed by atoms with Gasteiger partial charge in [0.25, 0.3) is 11.8 Å². The van der Waals surface area contributed by atoms with Crippen LogP contribution in [0.2, 0.25) is 0 Å². The number of pyridine rings is 1. The van der Waals surface area contributed by atoms with Gasteiger partial charge in [-0.05, 0) is 99.1 Å². The lowest BCUT2D eigenvalue weighted by atomic mass is 9.65. The van der Waals surface area contributed by atoms with Gasteiger partial charge in [0.1, 0.15) is 23.0 Å². The molecule has 320 valence electrons. The number of aromatic nitrogens is 3. The third kappa shape index (κ3) is 9.72. The van der Waals surface area contributed by atoms with Crippen LogP contribution in [0.5, 0.6) is 5.75 Å². The summed E-state index contributed by atoms with van der Waals surface area (Å²) in [5.74, 6) is -0.909. The number of amides is 4. The van der Waals surface area contributed by atoms with Gasteiger partial charge in [0.05, 0.1) is 30.0 Å². The predicted molar refractivity (Wildman–Crippen MR) is 216 cm³/mol. The zero-order valence-corrected chi connectivity index (χ0v) is 33.8. The maximum Gasteiger partial charge on any atom is 0.433 e. The minimum absolute atomic E-state index is 0.00955. The summed E-state index contributed by atoms with van der Waals surface area (Å²) in [6, 6.07) is 11.1. The average Bonchev–Trinajstić information content (AvgIpc) is 3.66. The van der Waals surface area contributed by atoms with Crippen molar-refractivity contribution in [3.8, 4) is 5.75 Å². The summed E-state index contributed by atoms with van der Waals surface area (Å²) in [6.07, 6.45) is 5.93. The van der Waals surface area contributed by atoms with Crippen molar-refractivity contribution in [3.63, 3.8) is 0 Å². The van der Waals surface area contributed by atoms with Crippen molar-refractivity contribution in [2.75, 3.05) is 63.6 Å². The molecule has 0 radical (unpaired) electrons. The van der Waals surface area contributed by atoms with E-state index >= 15 is 0 Å². The number of nitrogens with zero attached hydrogens (tertiary/aromatic N) is 6.